The van der Waals surface area contributed by atoms with Gasteiger partial charge in [0.05, 0.1) is 6.61 Å². The Morgan fingerprint density at radius 2 is 1.19 bits per heavy atom. The van der Waals surface area contributed by atoms with Crippen LogP contribution in [0, 0.1) is 0 Å². The molecule has 0 aliphatic rings. The quantitative estimate of drug-likeness (QED) is 0.216. The first-order valence-corrected chi connectivity index (χ1v) is 9.84. The second-order valence-electron chi connectivity index (χ2n) is 6.61. The van der Waals surface area contributed by atoms with Gasteiger partial charge in [-0.25, -0.2) is 0 Å². The van der Waals surface area contributed by atoms with Crippen molar-refractivity contribution >= 4 is 11.9 Å². The van der Waals surface area contributed by atoms with Gasteiger partial charge in [0.15, 0.2) is 6.10 Å². The zero-order valence-corrected chi connectivity index (χ0v) is 16.2. The molecule has 0 spiro atoms. The molecule has 0 aromatic heterocycles. The highest BCUT2D eigenvalue weighted by Gasteiger charge is 2.44. The molecule has 3 N–H and O–H groups in total. The molecular weight excluding hydrogens is 340 g/mol. The van der Waals surface area contributed by atoms with Crippen molar-refractivity contribution in [3.63, 3.8) is 0 Å². The Bertz CT molecular complexity index is 356. The van der Waals surface area contributed by atoms with E-state index in [0.717, 1.165) is 51.4 Å². The highest BCUT2D eigenvalue weighted by Crippen LogP contribution is 2.19. The van der Waals surface area contributed by atoms with Gasteiger partial charge in [-0.3, -0.25) is 9.59 Å². The third kappa shape index (κ3) is 11.4. The van der Waals surface area contributed by atoms with E-state index >= 15 is 0 Å². The smallest absolute Gasteiger partial charge is 0.396 e. The summed E-state index contributed by atoms with van der Waals surface area (Å²) in [5.74, 6) is -4.42. The van der Waals surface area contributed by atoms with Gasteiger partial charge in [-0.2, -0.15) is 0 Å². The minimum atomic E-state index is -2.85. The van der Waals surface area contributed by atoms with Crippen LogP contribution < -0.4 is 0 Å². The van der Waals surface area contributed by atoms with E-state index in [9.17, 15) is 19.8 Å². The molecule has 0 saturated carbocycles. The largest absolute Gasteiger partial charge is 0.403 e. The number of carbonyl (C=O) groups excluding carboxylic acids is 2. The molecule has 0 fully saturated rings. The maximum Gasteiger partial charge on any atom is 0.403 e. The van der Waals surface area contributed by atoms with Gasteiger partial charge >= 0.3 is 17.9 Å². The number of esters is 2. The first-order chi connectivity index (χ1) is 12.4. The molecule has 0 amide bonds. The minimum Gasteiger partial charge on any atom is -0.396 e. The van der Waals surface area contributed by atoms with Gasteiger partial charge in [0, 0.05) is 12.8 Å². The third-order valence-corrected chi connectivity index (χ3v) is 4.08. The zero-order valence-electron chi connectivity index (χ0n) is 16.2. The Balaban J connectivity index is 4.40. The fourth-order valence-corrected chi connectivity index (χ4v) is 2.45. The van der Waals surface area contributed by atoms with Crippen molar-refractivity contribution in [1.29, 1.82) is 0 Å². The van der Waals surface area contributed by atoms with E-state index in [0.29, 0.717) is 12.8 Å². The monoisotopic (exact) mass is 376 g/mol. The summed E-state index contributed by atoms with van der Waals surface area (Å²) in [5, 5.41) is 29.0. The average Bonchev–Trinajstić information content (AvgIpc) is 2.60. The molecule has 0 aliphatic heterocycles. The Kier molecular flexibility index (Phi) is 14.3. The molecule has 0 rings (SSSR count). The zero-order chi connectivity index (χ0) is 19.8. The van der Waals surface area contributed by atoms with E-state index in [2.05, 4.69) is 13.8 Å². The Morgan fingerprint density at radius 3 is 1.54 bits per heavy atom. The Labute approximate surface area is 156 Å². The minimum absolute atomic E-state index is 0.0404. The van der Waals surface area contributed by atoms with Gasteiger partial charge in [-0.05, 0) is 12.8 Å². The summed E-state index contributed by atoms with van der Waals surface area (Å²) >= 11 is 0. The standard InChI is InChI=1S/C19H36O7/c1-3-5-7-9-11-13-17(22)25-19(24,16(21)15-20)26-18(23)14-12-10-8-6-4-2/h16,20-21,24H,3-15H2,1-2H3. The molecule has 1 unspecified atom stereocenters. The number of unbranched alkanes of at least 4 members (excludes halogenated alkanes) is 8. The van der Waals surface area contributed by atoms with Crippen LogP contribution in [0.25, 0.3) is 0 Å². The fourth-order valence-electron chi connectivity index (χ4n) is 2.45. The summed E-state index contributed by atoms with van der Waals surface area (Å²) in [6.45, 7) is 3.26. The average molecular weight is 376 g/mol. The molecule has 0 aliphatic carbocycles. The molecule has 154 valence electrons. The van der Waals surface area contributed by atoms with Gasteiger partial charge in [-0.1, -0.05) is 65.2 Å². The second kappa shape index (κ2) is 14.9. The van der Waals surface area contributed by atoms with E-state index < -0.39 is 30.6 Å². The van der Waals surface area contributed by atoms with Gasteiger partial charge < -0.3 is 24.8 Å². The summed E-state index contributed by atoms with van der Waals surface area (Å²) in [6.07, 6.45) is 7.35. The van der Waals surface area contributed by atoms with Crippen molar-refractivity contribution in [2.45, 2.75) is 103 Å². The Hall–Kier alpha value is -1.18. The van der Waals surface area contributed by atoms with Crippen LogP contribution in [-0.4, -0.2) is 45.9 Å². The molecule has 1 atom stereocenters. The van der Waals surface area contributed by atoms with Crippen molar-refractivity contribution in [3.8, 4) is 0 Å². The van der Waals surface area contributed by atoms with Gasteiger partial charge in [0.1, 0.15) is 0 Å². The summed E-state index contributed by atoms with van der Waals surface area (Å²) in [7, 11) is 0. The van der Waals surface area contributed by atoms with Crippen LogP contribution in [-0.2, 0) is 19.1 Å². The highest BCUT2D eigenvalue weighted by molar-refractivity contribution is 5.71. The fraction of sp³-hybridized carbons (Fsp3) is 0.895. The topological polar surface area (TPSA) is 113 Å². The number of carbonyl (C=O) groups is 2. The number of hydrogen-bond acceptors (Lipinski definition) is 7. The third-order valence-electron chi connectivity index (χ3n) is 4.08. The summed E-state index contributed by atoms with van der Waals surface area (Å²) in [5.41, 5.74) is 0. The van der Waals surface area contributed by atoms with E-state index in [1.807, 2.05) is 0 Å². The summed E-state index contributed by atoms with van der Waals surface area (Å²) < 4.78 is 9.55. The predicted octanol–water partition coefficient (Wildman–Crippen LogP) is 2.79. The van der Waals surface area contributed by atoms with Crippen molar-refractivity contribution < 1.29 is 34.4 Å². The van der Waals surface area contributed by atoms with Crippen molar-refractivity contribution in [2.24, 2.45) is 0 Å². The van der Waals surface area contributed by atoms with Crippen LogP contribution in [0.4, 0.5) is 0 Å². The number of aliphatic hydroxyl groups is 3. The molecule has 0 bridgehead atoms. The van der Waals surface area contributed by atoms with Crippen LogP contribution in [0.15, 0.2) is 0 Å². The van der Waals surface area contributed by atoms with E-state index in [4.69, 9.17) is 14.6 Å². The molecule has 0 aromatic rings. The molecule has 7 heteroatoms. The molecule has 0 aromatic carbocycles. The summed E-state index contributed by atoms with van der Waals surface area (Å²) in [6, 6.07) is 0. The highest BCUT2D eigenvalue weighted by atomic mass is 16.8. The van der Waals surface area contributed by atoms with E-state index in [1.54, 1.807) is 0 Å². The normalized spacial score (nSPS) is 12.7. The van der Waals surface area contributed by atoms with Crippen LogP contribution >= 0.6 is 0 Å². The summed E-state index contributed by atoms with van der Waals surface area (Å²) in [4.78, 5) is 23.7. The lowest BCUT2D eigenvalue weighted by atomic mass is 10.1. The molecule has 0 heterocycles. The lowest BCUT2D eigenvalue weighted by Gasteiger charge is -2.30. The molecule has 0 saturated heterocycles. The van der Waals surface area contributed by atoms with E-state index in [1.165, 1.54) is 0 Å². The lowest BCUT2D eigenvalue weighted by Crippen LogP contribution is -2.51. The Morgan fingerprint density at radius 1 is 0.808 bits per heavy atom. The first-order valence-electron chi connectivity index (χ1n) is 9.84. The van der Waals surface area contributed by atoms with Crippen LogP contribution in [0.1, 0.15) is 90.9 Å². The van der Waals surface area contributed by atoms with Crippen molar-refractivity contribution in [3.05, 3.63) is 0 Å². The maximum atomic E-state index is 11.9. The van der Waals surface area contributed by atoms with Gasteiger partial charge in [0.25, 0.3) is 0 Å². The maximum absolute atomic E-state index is 11.9. The first kappa shape index (κ1) is 24.8. The van der Waals surface area contributed by atoms with E-state index in [-0.39, 0.29) is 12.8 Å². The second-order valence-corrected chi connectivity index (χ2v) is 6.61. The molecule has 26 heavy (non-hydrogen) atoms. The van der Waals surface area contributed by atoms with Gasteiger partial charge in [0.2, 0.25) is 0 Å². The number of ether oxygens (including phenoxy) is 2. The molecule has 0 radical (unpaired) electrons. The lowest BCUT2D eigenvalue weighted by molar-refractivity contribution is -0.364. The number of aliphatic hydroxyl groups excluding tert-OH is 2. The SMILES string of the molecule is CCCCCCCC(=O)OC(O)(OC(=O)CCCCCCC)C(O)CO. The molecular formula is C19H36O7. The molecule has 7 nitrogen and oxygen atoms in total. The van der Waals surface area contributed by atoms with Crippen LogP contribution in [0.3, 0.4) is 0 Å². The van der Waals surface area contributed by atoms with Crippen LogP contribution in [0.5, 0.6) is 0 Å². The van der Waals surface area contributed by atoms with Crippen molar-refractivity contribution in [1.82, 2.24) is 0 Å². The predicted molar refractivity (Wildman–Crippen MR) is 97.0 cm³/mol. The number of hydrogen-bond donors (Lipinski definition) is 3. The van der Waals surface area contributed by atoms with Crippen molar-refractivity contribution in [2.75, 3.05) is 6.61 Å². The number of rotatable bonds is 16. The van der Waals surface area contributed by atoms with Crippen LogP contribution in [0.2, 0.25) is 0 Å². The van der Waals surface area contributed by atoms with Gasteiger partial charge in [-0.15, -0.1) is 0 Å².